The van der Waals surface area contributed by atoms with Crippen molar-refractivity contribution >= 4 is 103 Å². The molecule has 0 saturated carbocycles. The van der Waals surface area contributed by atoms with Crippen LogP contribution >= 0.6 is 0 Å². The summed E-state index contributed by atoms with van der Waals surface area (Å²) in [5.74, 6) is -4.86. The van der Waals surface area contributed by atoms with E-state index in [1.807, 2.05) is 36.4 Å². The molecule has 0 bridgehead atoms. The van der Waals surface area contributed by atoms with E-state index in [1.165, 1.54) is 24.3 Å². The first kappa shape index (κ1) is 46.2. The quantitative estimate of drug-likeness (QED) is 0.102. The Hall–Kier alpha value is -11.9. The monoisotopic (exact) mass is 1070 g/mol. The lowest BCUT2D eigenvalue weighted by Gasteiger charge is -2.22. The number of amides is 8. The Bertz CT molecular complexity index is 4660. The number of benzene rings is 10. The van der Waals surface area contributed by atoms with Crippen LogP contribution in [0.25, 0.3) is 77.5 Å². The molecular formula is C64H30N8O10. The van der Waals surface area contributed by atoms with Gasteiger partial charge in [0.1, 0.15) is 0 Å². The zero-order valence-electron chi connectivity index (χ0n) is 42.0. The molecule has 8 amide bonds. The van der Waals surface area contributed by atoms with Crippen molar-refractivity contribution in [2.75, 3.05) is 19.6 Å². The lowest BCUT2D eigenvalue weighted by Crippen LogP contribution is -2.29. The maximum atomic E-state index is 14.7. The number of hydrogen-bond donors (Lipinski definition) is 0. The summed E-state index contributed by atoms with van der Waals surface area (Å²) in [4.78, 5) is 118. The van der Waals surface area contributed by atoms with Crippen LogP contribution in [0.5, 0.6) is 0 Å². The summed E-state index contributed by atoms with van der Waals surface area (Å²) in [6.07, 6.45) is 0. The molecule has 16 rings (SSSR count). The summed E-state index contributed by atoms with van der Waals surface area (Å²) < 4.78 is 11.6. The summed E-state index contributed by atoms with van der Waals surface area (Å²) in [5.41, 5.74) is 4.06. The average Bonchev–Trinajstić information content (AvgIpc) is 4.51. The Morgan fingerprint density at radius 3 is 1.09 bits per heavy atom. The fourth-order valence-corrected chi connectivity index (χ4v) is 11.8. The number of anilines is 4. The molecule has 4 aliphatic heterocycles. The molecule has 0 N–H and O–H groups in total. The molecule has 0 spiro atoms. The van der Waals surface area contributed by atoms with Crippen LogP contribution in [0.2, 0.25) is 0 Å². The third-order valence-electron chi connectivity index (χ3n) is 15.6. The molecule has 0 radical (unpaired) electrons. The molecule has 0 unspecified atom stereocenters. The summed E-state index contributed by atoms with van der Waals surface area (Å²) in [6, 6.07) is 50.6. The van der Waals surface area contributed by atoms with Gasteiger partial charge in [0.05, 0.1) is 55.9 Å². The minimum atomic E-state index is -0.699. The SMILES string of the molecule is O=C1c2cccc(-c3ccc4c(c3)C(=O)N(c3ccc5ccc6c(N7C(=O)c8ccc(-c9cccc%10c9C(=O)N(c9nnc(-c%11ccccc%11)o9)C%10=O)cc8C7=O)ccc7ccc3c5c76)C4=O)c2C(=O)N1c1nnc(-c2ccccc2)o1. The summed E-state index contributed by atoms with van der Waals surface area (Å²) in [5, 5.41) is 20.1. The van der Waals surface area contributed by atoms with Crippen LogP contribution in [0, 0.1) is 0 Å². The Kier molecular flexibility index (Phi) is 9.46. The van der Waals surface area contributed by atoms with Crippen molar-refractivity contribution in [3.05, 3.63) is 226 Å². The number of carbonyl (C=O) groups is 8. The Balaban J connectivity index is 0.713. The van der Waals surface area contributed by atoms with E-state index in [0.717, 1.165) is 30.4 Å². The molecule has 18 nitrogen and oxygen atoms in total. The van der Waals surface area contributed by atoms with Gasteiger partial charge in [0.15, 0.2) is 0 Å². The molecule has 0 saturated heterocycles. The minimum Gasteiger partial charge on any atom is -0.403 e. The van der Waals surface area contributed by atoms with Gasteiger partial charge in [-0.3, -0.25) is 38.4 Å². The van der Waals surface area contributed by atoms with E-state index in [1.54, 1.807) is 121 Å². The number of fused-ring (bicyclic) bond motifs is 4. The predicted octanol–water partition coefficient (Wildman–Crippen LogP) is 11.2. The molecule has 2 aromatic heterocycles. The maximum absolute atomic E-state index is 14.7. The second-order valence-corrected chi connectivity index (χ2v) is 19.9. The van der Waals surface area contributed by atoms with Crippen molar-refractivity contribution in [1.29, 1.82) is 0 Å². The molecule has 4 aliphatic rings. The standard InChI is InChI=1S/C64H30N8O10/c73-55-39-23-19-35(37-13-7-15-43-51(37)61(79)71(57(43)75)63-67-65-53(81-63)33-9-3-1-4-10-33)29-45(39)59(77)69(55)47-27-21-31-18-26-42-48(28-22-32-17-25-41(47)49(31)50(32)42)70-56(74)40-24-20-36(30-46(40)60(70)78)38-14-8-16-44-52(38)62(80)72(58(44)76)64-68-66-54(82-64)34-11-5-2-6-12-34/h1-30H. The van der Waals surface area contributed by atoms with Crippen molar-refractivity contribution in [3.63, 3.8) is 0 Å². The summed E-state index contributed by atoms with van der Waals surface area (Å²) in [7, 11) is 0. The molecule has 0 atom stereocenters. The molecular weight excluding hydrogens is 1040 g/mol. The molecule has 82 heavy (non-hydrogen) atoms. The Labute approximate surface area is 460 Å². The van der Waals surface area contributed by atoms with Crippen LogP contribution in [0.15, 0.2) is 191 Å². The van der Waals surface area contributed by atoms with E-state index >= 15 is 0 Å². The Morgan fingerprint density at radius 2 is 0.659 bits per heavy atom. The molecule has 0 fully saturated rings. The molecule has 6 heterocycles. The zero-order chi connectivity index (χ0) is 55.4. The lowest BCUT2D eigenvalue weighted by atomic mass is 9.92. The van der Waals surface area contributed by atoms with Crippen molar-refractivity contribution < 1.29 is 47.2 Å². The van der Waals surface area contributed by atoms with Gasteiger partial charge in [0.2, 0.25) is 11.8 Å². The van der Waals surface area contributed by atoms with Gasteiger partial charge in [-0.1, -0.05) is 119 Å². The van der Waals surface area contributed by atoms with Crippen molar-refractivity contribution in [1.82, 2.24) is 20.4 Å². The van der Waals surface area contributed by atoms with Gasteiger partial charge in [-0.15, -0.1) is 10.2 Å². The van der Waals surface area contributed by atoms with E-state index in [9.17, 15) is 38.4 Å². The van der Waals surface area contributed by atoms with E-state index in [-0.39, 0.29) is 68.3 Å². The van der Waals surface area contributed by atoms with E-state index in [4.69, 9.17) is 8.83 Å². The normalized spacial score (nSPS) is 14.7. The first-order valence-electron chi connectivity index (χ1n) is 25.6. The lowest BCUT2D eigenvalue weighted by molar-refractivity contribution is 0.0902. The van der Waals surface area contributed by atoms with Crippen molar-refractivity contribution in [3.8, 4) is 45.2 Å². The van der Waals surface area contributed by atoms with Crippen LogP contribution in [-0.4, -0.2) is 67.7 Å². The fourth-order valence-electron chi connectivity index (χ4n) is 11.8. The largest absolute Gasteiger partial charge is 0.403 e. The highest BCUT2D eigenvalue weighted by Gasteiger charge is 2.45. The molecule has 386 valence electrons. The molecule has 10 aromatic carbocycles. The third-order valence-corrected chi connectivity index (χ3v) is 15.6. The van der Waals surface area contributed by atoms with Crippen LogP contribution < -0.4 is 19.6 Å². The van der Waals surface area contributed by atoms with E-state index in [0.29, 0.717) is 66.3 Å². The first-order chi connectivity index (χ1) is 40.0. The maximum Gasteiger partial charge on any atom is 0.332 e. The van der Waals surface area contributed by atoms with Gasteiger partial charge in [0.25, 0.3) is 47.3 Å². The number of aromatic nitrogens is 4. The molecule has 0 aliphatic carbocycles. The number of imide groups is 4. The smallest absolute Gasteiger partial charge is 0.332 e. The van der Waals surface area contributed by atoms with Crippen LogP contribution in [-0.2, 0) is 0 Å². The second-order valence-electron chi connectivity index (χ2n) is 19.9. The highest BCUT2D eigenvalue weighted by atomic mass is 16.4. The van der Waals surface area contributed by atoms with Crippen LogP contribution in [0.1, 0.15) is 82.9 Å². The van der Waals surface area contributed by atoms with Gasteiger partial charge in [-0.25, -0.2) is 9.80 Å². The van der Waals surface area contributed by atoms with Crippen LogP contribution in [0.4, 0.5) is 23.4 Å². The van der Waals surface area contributed by atoms with Gasteiger partial charge < -0.3 is 8.83 Å². The van der Waals surface area contributed by atoms with Crippen molar-refractivity contribution in [2.24, 2.45) is 0 Å². The first-order valence-corrected chi connectivity index (χ1v) is 25.6. The summed E-state index contributed by atoms with van der Waals surface area (Å²) in [6.45, 7) is 0. The highest BCUT2D eigenvalue weighted by molar-refractivity contribution is 6.41. The van der Waals surface area contributed by atoms with Gasteiger partial charge in [0, 0.05) is 21.9 Å². The molecule has 12 aromatic rings. The minimum absolute atomic E-state index is 0.0671. The molecule has 18 heteroatoms. The number of rotatable bonds is 8. The number of nitrogens with zero attached hydrogens (tertiary/aromatic N) is 8. The van der Waals surface area contributed by atoms with Gasteiger partial charge in [-0.05, 0) is 117 Å². The van der Waals surface area contributed by atoms with Gasteiger partial charge in [-0.2, -0.15) is 9.80 Å². The topological polar surface area (TPSA) is 227 Å². The van der Waals surface area contributed by atoms with Crippen LogP contribution in [0.3, 0.4) is 0 Å². The third kappa shape index (κ3) is 6.32. The zero-order valence-corrected chi connectivity index (χ0v) is 42.0. The highest BCUT2D eigenvalue weighted by Crippen LogP contribution is 2.46. The number of carbonyl (C=O) groups excluding carboxylic acids is 8. The number of hydrogen-bond acceptors (Lipinski definition) is 14. The fraction of sp³-hybridized carbons (Fsp3) is 0. The van der Waals surface area contributed by atoms with E-state index in [2.05, 4.69) is 20.4 Å². The summed E-state index contributed by atoms with van der Waals surface area (Å²) >= 11 is 0. The average molecular weight is 1070 g/mol. The van der Waals surface area contributed by atoms with Gasteiger partial charge >= 0.3 is 12.0 Å². The van der Waals surface area contributed by atoms with E-state index < -0.39 is 47.3 Å². The van der Waals surface area contributed by atoms with Crippen molar-refractivity contribution in [2.45, 2.75) is 0 Å². The second kappa shape index (κ2) is 16.8. The predicted molar refractivity (Wildman–Crippen MR) is 298 cm³/mol. The Morgan fingerprint density at radius 1 is 0.280 bits per heavy atom.